The molecule has 0 amide bonds. The lowest BCUT2D eigenvalue weighted by Gasteiger charge is -2.23. The van der Waals surface area contributed by atoms with E-state index in [9.17, 15) is 0 Å². The van der Waals surface area contributed by atoms with Crippen molar-refractivity contribution < 1.29 is 14.0 Å². The van der Waals surface area contributed by atoms with Gasteiger partial charge in [0.15, 0.2) is 5.82 Å². The Morgan fingerprint density at radius 2 is 2.17 bits per heavy atom. The highest BCUT2D eigenvalue weighted by Crippen LogP contribution is 2.36. The Bertz CT molecular complexity index is 679. The van der Waals surface area contributed by atoms with Crippen molar-refractivity contribution in [1.82, 2.24) is 10.1 Å². The van der Waals surface area contributed by atoms with Crippen LogP contribution < -0.4 is 10.5 Å². The first-order valence-electron chi connectivity index (χ1n) is 8.14. The molecule has 2 aromatic rings. The van der Waals surface area contributed by atoms with Crippen LogP contribution in [0.2, 0.25) is 0 Å². The molecule has 0 spiro atoms. The minimum atomic E-state index is -0.250. The third-order valence-electron chi connectivity index (χ3n) is 4.72. The maximum atomic E-state index is 6.29. The molecule has 23 heavy (non-hydrogen) atoms. The van der Waals surface area contributed by atoms with Gasteiger partial charge in [0.2, 0.25) is 5.89 Å². The van der Waals surface area contributed by atoms with Crippen molar-refractivity contribution in [2.24, 2.45) is 5.73 Å². The molecule has 0 aliphatic carbocycles. The Balaban J connectivity index is 1.48. The van der Waals surface area contributed by atoms with Crippen molar-refractivity contribution in [2.45, 2.75) is 37.1 Å². The molecular formula is C17H21N3O3. The Hall–Kier alpha value is -1.92. The topological polar surface area (TPSA) is 83.4 Å². The first-order valence-corrected chi connectivity index (χ1v) is 8.14. The average Bonchev–Trinajstić information content (AvgIpc) is 3.22. The Morgan fingerprint density at radius 1 is 1.26 bits per heavy atom. The Kier molecular flexibility index (Phi) is 3.79. The maximum absolute atomic E-state index is 6.29. The fourth-order valence-electron chi connectivity index (χ4n) is 3.30. The van der Waals surface area contributed by atoms with Crippen LogP contribution in [0.1, 0.15) is 42.5 Å². The number of nitrogens with zero attached hydrogens (tertiary/aromatic N) is 2. The molecular weight excluding hydrogens is 294 g/mol. The lowest BCUT2D eigenvalue weighted by Crippen LogP contribution is -2.40. The van der Waals surface area contributed by atoms with Crippen LogP contribution in [-0.4, -0.2) is 35.5 Å². The second-order valence-electron chi connectivity index (χ2n) is 6.44. The fraction of sp³-hybridized carbons (Fsp3) is 0.529. The molecule has 2 atom stereocenters. The van der Waals surface area contributed by atoms with E-state index in [1.807, 2.05) is 18.2 Å². The van der Waals surface area contributed by atoms with Crippen LogP contribution in [0.3, 0.4) is 0 Å². The van der Waals surface area contributed by atoms with E-state index in [0.717, 1.165) is 43.0 Å². The van der Waals surface area contributed by atoms with Gasteiger partial charge < -0.3 is 19.7 Å². The minimum absolute atomic E-state index is 0.138. The number of fused-ring (bicyclic) bond motifs is 1. The summed E-state index contributed by atoms with van der Waals surface area (Å²) in [5.41, 5.74) is 7.17. The standard InChI is InChI=1S/C17H21N3O3/c18-17(8-10-21-11-17)7-5-15-19-16(20-23-15)13-6-9-22-14-4-2-1-3-12(13)14/h1-4,13H,5-11,18H2. The van der Waals surface area contributed by atoms with Crippen LogP contribution in [-0.2, 0) is 11.2 Å². The second kappa shape index (κ2) is 5.94. The summed E-state index contributed by atoms with van der Waals surface area (Å²) in [6, 6.07) is 8.05. The molecule has 0 bridgehead atoms. The number of rotatable bonds is 4. The maximum Gasteiger partial charge on any atom is 0.226 e. The van der Waals surface area contributed by atoms with E-state index in [4.69, 9.17) is 19.7 Å². The zero-order valence-corrected chi connectivity index (χ0v) is 13.0. The van der Waals surface area contributed by atoms with Crippen molar-refractivity contribution in [1.29, 1.82) is 0 Å². The van der Waals surface area contributed by atoms with Gasteiger partial charge in [-0.2, -0.15) is 4.98 Å². The molecule has 122 valence electrons. The van der Waals surface area contributed by atoms with E-state index in [2.05, 4.69) is 16.2 Å². The van der Waals surface area contributed by atoms with Crippen molar-refractivity contribution >= 4 is 0 Å². The number of benzene rings is 1. The van der Waals surface area contributed by atoms with Crippen LogP contribution in [0.5, 0.6) is 5.75 Å². The van der Waals surface area contributed by atoms with Gasteiger partial charge >= 0.3 is 0 Å². The zero-order valence-electron chi connectivity index (χ0n) is 13.0. The smallest absolute Gasteiger partial charge is 0.226 e. The summed E-state index contributed by atoms with van der Waals surface area (Å²) in [7, 11) is 0. The summed E-state index contributed by atoms with van der Waals surface area (Å²) in [5, 5.41) is 4.19. The lowest BCUT2D eigenvalue weighted by atomic mass is 9.92. The van der Waals surface area contributed by atoms with Crippen molar-refractivity contribution in [2.75, 3.05) is 19.8 Å². The van der Waals surface area contributed by atoms with Gasteiger partial charge in [-0.1, -0.05) is 23.4 Å². The molecule has 1 fully saturated rings. The largest absolute Gasteiger partial charge is 0.493 e. The third kappa shape index (κ3) is 2.96. The first kappa shape index (κ1) is 14.7. The van der Waals surface area contributed by atoms with E-state index < -0.39 is 0 Å². The van der Waals surface area contributed by atoms with E-state index in [1.165, 1.54) is 0 Å². The fourth-order valence-corrected chi connectivity index (χ4v) is 3.30. The van der Waals surface area contributed by atoms with Gasteiger partial charge in [-0.05, 0) is 25.3 Å². The van der Waals surface area contributed by atoms with E-state index >= 15 is 0 Å². The summed E-state index contributed by atoms with van der Waals surface area (Å²) in [5.74, 6) is 2.45. The van der Waals surface area contributed by atoms with E-state index in [0.29, 0.717) is 25.5 Å². The summed E-state index contributed by atoms with van der Waals surface area (Å²) >= 11 is 0. The van der Waals surface area contributed by atoms with Gasteiger partial charge in [0.25, 0.3) is 0 Å². The highest BCUT2D eigenvalue weighted by Gasteiger charge is 2.31. The Morgan fingerprint density at radius 3 is 3.04 bits per heavy atom. The Labute approximate surface area is 135 Å². The molecule has 1 aromatic carbocycles. The van der Waals surface area contributed by atoms with Gasteiger partial charge in [-0.25, -0.2) is 0 Å². The molecule has 2 aliphatic heterocycles. The molecule has 0 radical (unpaired) electrons. The molecule has 1 aromatic heterocycles. The normalized spacial score (nSPS) is 26.7. The van der Waals surface area contributed by atoms with Crippen LogP contribution in [0.25, 0.3) is 0 Å². The highest BCUT2D eigenvalue weighted by molar-refractivity contribution is 5.40. The molecule has 0 saturated carbocycles. The number of hydrogen-bond acceptors (Lipinski definition) is 6. The highest BCUT2D eigenvalue weighted by atomic mass is 16.5. The van der Waals surface area contributed by atoms with Gasteiger partial charge in [-0.15, -0.1) is 0 Å². The number of aromatic nitrogens is 2. The molecule has 2 aliphatic rings. The molecule has 2 N–H and O–H groups in total. The molecule has 6 heteroatoms. The number of para-hydroxylation sites is 1. The SMILES string of the molecule is NC1(CCc2nc(C3CCOc4ccccc43)no2)CCOC1. The van der Waals surface area contributed by atoms with Crippen LogP contribution in [0, 0.1) is 0 Å². The summed E-state index contributed by atoms with van der Waals surface area (Å²) < 4.78 is 16.5. The monoisotopic (exact) mass is 315 g/mol. The summed E-state index contributed by atoms with van der Waals surface area (Å²) in [4.78, 5) is 4.60. The number of hydrogen-bond donors (Lipinski definition) is 1. The van der Waals surface area contributed by atoms with Gasteiger partial charge in [-0.3, -0.25) is 0 Å². The number of ether oxygens (including phenoxy) is 2. The van der Waals surface area contributed by atoms with Crippen LogP contribution in [0.4, 0.5) is 0 Å². The average molecular weight is 315 g/mol. The van der Waals surface area contributed by atoms with Crippen LogP contribution in [0.15, 0.2) is 28.8 Å². The van der Waals surface area contributed by atoms with E-state index in [-0.39, 0.29) is 11.5 Å². The molecule has 2 unspecified atom stereocenters. The minimum Gasteiger partial charge on any atom is -0.493 e. The van der Waals surface area contributed by atoms with E-state index in [1.54, 1.807) is 0 Å². The first-order chi connectivity index (χ1) is 11.2. The zero-order chi connectivity index (χ0) is 15.7. The van der Waals surface area contributed by atoms with Crippen LogP contribution >= 0.6 is 0 Å². The van der Waals surface area contributed by atoms with Crippen molar-refractivity contribution in [3.8, 4) is 5.75 Å². The lowest BCUT2D eigenvalue weighted by molar-refractivity contribution is 0.175. The summed E-state index contributed by atoms with van der Waals surface area (Å²) in [6.07, 6.45) is 3.25. The number of aryl methyl sites for hydroxylation is 1. The van der Waals surface area contributed by atoms with Gasteiger partial charge in [0.1, 0.15) is 5.75 Å². The molecule has 6 nitrogen and oxygen atoms in total. The summed E-state index contributed by atoms with van der Waals surface area (Å²) in [6.45, 7) is 2.03. The molecule has 4 rings (SSSR count). The predicted octanol–water partition coefficient (Wildman–Crippen LogP) is 2.03. The predicted molar refractivity (Wildman–Crippen MR) is 83.4 cm³/mol. The quantitative estimate of drug-likeness (QED) is 0.929. The second-order valence-corrected chi connectivity index (χ2v) is 6.44. The van der Waals surface area contributed by atoms with Gasteiger partial charge in [0.05, 0.1) is 19.1 Å². The molecule has 3 heterocycles. The van der Waals surface area contributed by atoms with Gasteiger partial charge in [0, 0.05) is 24.1 Å². The molecule has 1 saturated heterocycles. The van der Waals surface area contributed by atoms with Crippen molar-refractivity contribution in [3.63, 3.8) is 0 Å². The van der Waals surface area contributed by atoms with Crippen molar-refractivity contribution in [3.05, 3.63) is 41.5 Å². The number of nitrogens with two attached hydrogens (primary N) is 1. The third-order valence-corrected chi connectivity index (χ3v) is 4.72.